The Hall–Kier alpha value is -1.00. The van der Waals surface area contributed by atoms with Crippen molar-refractivity contribution in [3.63, 3.8) is 0 Å². The van der Waals surface area contributed by atoms with E-state index in [0.29, 0.717) is 32.8 Å². The molecule has 1 aromatic carbocycles. The lowest BCUT2D eigenvalue weighted by Crippen LogP contribution is -2.41. The van der Waals surface area contributed by atoms with E-state index in [9.17, 15) is 16.8 Å². The van der Waals surface area contributed by atoms with Crippen molar-refractivity contribution < 1.29 is 21.6 Å². The van der Waals surface area contributed by atoms with E-state index in [0.717, 1.165) is 32.1 Å². The second-order valence-corrected chi connectivity index (χ2v) is 10.8. The van der Waals surface area contributed by atoms with Gasteiger partial charge in [-0.15, -0.1) is 0 Å². The molecule has 0 radical (unpaired) electrons. The zero-order valence-corrected chi connectivity index (χ0v) is 17.3. The molecule has 0 aromatic heterocycles. The van der Waals surface area contributed by atoms with E-state index >= 15 is 0 Å². The molecule has 2 aliphatic rings. The zero-order valence-electron chi connectivity index (χ0n) is 15.7. The van der Waals surface area contributed by atoms with Gasteiger partial charge < -0.3 is 4.74 Å². The summed E-state index contributed by atoms with van der Waals surface area (Å²) >= 11 is 0. The third-order valence-corrected chi connectivity index (χ3v) is 9.29. The van der Waals surface area contributed by atoms with Crippen LogP contribution >= 0.6 is 0 Å². The number of ether oxygens (including phenoxy) is 1. The molecule has 1 saturated carbocycles. The Kier molecular flexibility index (Phi) is 6.58. The van der Waals surface area contributed by atoms with Crippen molar-refractivity contribution in [2.75, 3.05) is 32.8 Å². The van der Waals surface area contributed by atoms with Crippen molar-refractivity contribution >= 4 is 20.0 Å². The van der Waals surface area contributed by atoms with E-state index in [1.165, 1.54) is 28.6 Å². The van der Waals surface area contributed by atoms with Crippen LogP contribution in [0.25, 0.3) is 0 Å². The Morgan fingerprint density at radius 1 is 0.963 bits per heavy atom. The van der Waals surface area contributed by atoms with E-state index < -0.39 is 20.0 Å². The molecule has 0 unspecified atom stereocenters. The highest BCUT2D eigenvalue weighted by Gasteiger charge is 2.32. The predicted molar refractivity (Wildman–Crippen MR) is 102 cm³/mol. The highest BCUT2D eigenvalue weighted by Crippen LogP contribution is 2.28. The molecule has 1 saturated heterocycles. The number of hydrogen-bond acceptors (Lipinski definition) is 5. The molecule has 2 fully saturated rings. The maximum Gasteiger partial charge on any atom is 0.243 e. The molecule has 1 aliphatic carbocycles. The smallest absolute Gasteiger partial charge is 0.243 e. The summed E-state index contributed by atoms with van der Waals surface area (Å²) in [5.74, 6) is 0. The van der Waals surface area contributed by atoms with E-state index in [1.807, 2.05) is 6.92 Å². The maximum absolute atomic E-state index is 13.1. The summed E-state index contributed by atoms with van der Waals surface area (Å²) in [6.07, 6.45) is 5.02. The zero-order chi connectivity index (χ0) is 19.5. The third-order valence-electron chi connectivity index (χ3n) is 5.33. The van der Waals surface area contributed by atoms with Crippen LogP contribution in [0.4, 0.5) is 0 Å². The molecular formula is C18H28N2O5S2. The van der Waals surface area contributed by atoms with Crippen molar-refractivity contribution in [3.8, 4) is 0 Å². The van der Waals surface area contributed by atoms with Crippen molar-refractivity contribution in [1.29, 1.82) is 0 Å². The molecule has 1 aliphatic heterocycles. The molecule has 1 heterocycles. The van der Waals surface area contributed by atoms with Crippen LogP contribution in [0.3, 0.4) is 0 Å². The number of rotatable bonds is 6. The summed E-state index contributed by atoms with van der Waals surface area (Å²) in [5, 5.41) is 0. The minimum Gasteiger partial charge on any atom is -0.379 e. The molecule has 0 N–H and O–H groups in total. The molecule has 0 spiro atoms. The molecule has 152 valence electrons. The average molecular weight is 417 g/mol. The fourth-order valence-corrected chi connectivity index (χ4v) is 6.95. The van der Waals surface area contributed by atoms with Crippen LogP contribution < -0.4 is 0 Å². The summed E-state index contributed by atoms with van der Waals surface area (Å²) in [5.41, 5.74) is 0. The second kappa shape index (κ2) is 8.57. The van der Waals surface area contributed by atoms with Gasteiger partial charge in [0.25, 0.3) is 0 Å². The molecule has 27 heavy (non-hydrogen) atoms. The number of sulfonamides is 2. The van der Waals surface area contributed by atoms with Gasteiger partial charge in [-0.05, 0) is 37.1 Å². The minimum atomic E-state index is -3.63. The van der Waals surface area contributed by atoms with Crippen molar-refractivity contribution in [1.82, 2.24) is 8.61 Å². The molecule has 1 aromatic rings. The molecule has 0 bridgehead atoms. The Morgan fingerprint density at radius 3 is 2.07 bits per heavy atom. The number of morpholine rings is 1. The van der Waals surface area contributed by atoms with Crippen LogP contribution in [0.2, 0.25) is 0 Å². The van der Waals surface area contributed by atoms with Crippen molar-refractivity contribution in [2.24, 2.45) is 0 Å². The SMILES string of the molecule is CCN(C1CCCCC1)S(=O)(=O)c1ccc(S(=O)(=O)N2CCOCC2)cc1. The summed E-state index contributed by atoms with van der Waals surface area (Å²) < 4.78 is 59.7. The maximum atomic E-state index is 13.1. The standard InChI is InChI=1S/C18H28N2O5S2/c1-2-20(16-6-4-3-5-7-16)27(23,24)18-10-8-17(9-11-18)26(21,22)19-12-14-25-15-13-19/h8-11,16H,2-7,12-15H2,1H3. The van der Waals surface area contributed by atoms with Crippen LogP contribution in [-0.4, -0.2) is 64.3 Å². The lowest BCUT2D eigenvalue weighted by molar-refractivity contribution is 0.0730. The van der Waals surface area contributed by atoms with Crippen molar-refractivity contribution in [3.05, 3.63) is 24.3 Å². The normalized spacial score (nSPS) is 20.8. The minimum absolute atomic E-state index is 0.0329. The van der Waals surface area contributed by atoms with Crippen LogP contribution in [0.5, 0.6) is 0 Å². The van der Waals surface area contributed by atoms with Crippen molar-refractivity contribution in [2.45, 2.75) is 54.9 Å². The quantitative estimate of drug-likeness (QED) is 0.709. The Labute approximate surface area is 162 Å². The highest BCUT2D eigenvalue weighted by atomic mass is 32.2. The van der Waals surface area contributed by atoms with E-state index in [-0.39, 0.29) is 15.8 Å². The monoisotopic (exact) mass is 416 g/mol. The van der Waals surface area contributed by atoms with Gasteiger partial charge in [0.15, 0.2) is 0 Å². The van der Waals surface area contributed by atoms with E-state index in [2.05, 4.69) is 0 Å². The molecule has 9 heteroatoms. The first-order valence-electron chi connectivity index (χ1n) is 9.57. The number of hydrogen-bond donors (Lipinski definition) is 0. The average Bonchev–Trinajstić information content (AvgIpc) is 2.70. The molecule has 0 atom stereocenters. The first-order chi connectivity index (χ1) is 12.9. The fourth-order valence-electron chi connectivity index (χ4n) is 3.85. The highest BCUT2D eigenvalue weighted by molar-refractivity contribution is 7.89. The Morgan fingerprint density at radius 2 is 1.52 bits per heavy atom. The van der Waals surface area contributed by atoms with Crippen LogP contribution in [-0.2, 0) is 24.8 Å². The van der Waals surface area contributed by atoms with Gasteiger partial charge in [0.2, 0.25) is 20.0 Å². The van der Waals surface area contributed by atoms with Gasteiger partial charge >= 0.3 is 0 Å². The number of nitrogens with zero attached hydrogens (tertiary/aromatic N) is 2. The van der Waals surface area contributed by atoms with Gasteiger partial charge in [-0.3, -0.25) is 0 Å². The molecule has 3 rings (SSSR count). The Bertz CT molecular complexity index is 825. The largest absolute Gasteiger partial charge is 0.379 e. The summed E-state index contributed by atoms with van der Waals surface area (Å²) in [6, 6.07) is 5.65. The predicted octanol–water partition coefficient (Wildman–Crippen LogP) is 2.05. The first kappa shape index (κ1) is 20.7. The molecular weight excluding hydrogens is 388 g/mol. The lowest BCUT2D eigenvalue weighted by Gasteiger charge is -2.32. The van der Waals surface area contributed by atoms with Gasteiger partial charge in [-0.1, -0.05) is 26.2 Å². The van der Waals surface area contributed by atoms with Crippen LogP contribution in [0.1, 0.15) is 39.0 Å². The van der Waals surface area contributed by atoms with E-state index in [1.54, 1.807) is 4.31 Å². The van der Waals surface area contributed by atoms with Gasteiger partial charge in [0.05, 0.1) is 23.0 Å². The summed E-state index contributed by atoms with van der Waals surface area (Å²) in [7, 11) is -7.26. The van der Waals surface area contributed by atoms with Gasteiger partial charge in [-0.2, -0.15) is 8.61 Å². The summed E-state index contributed by atoms with van der Waals surface area (Å²) in [4.78, 5) is 0.264. The van der Waals surface area contributed by atoms with Crippen LogP contribution in [0.15, 0.2) is 34.1 Å². The fraction of sp³-hybridized carbons (Fsp3) is 0.667. The van der Waals surface area contributed by atoms with Gasteiger partial charge in [0.1, 0.15) is 0 Å². The second-order valence-electron chi connectivity index (χ2n) is 6.99. The van der Waals surface area contributed by atoms with Gasteiger partial charge in [0, 0.05) is 25.7 Å². The molecule has 0 amide bonds. The first-order valence-corrected chi connectivity index (χ1v) is 12.4. The lowest BCUT2D eigenvalue weighted by atomic mass is 9.95. The summed E-state index contributed by atoms with van der Waals surface area (Å²) in [6.45, 7) is 3.64. The Balaban J connectivity index is 1.82. The molecule has 7 nitrogen and oxygen atoms in total. The topological polar surface area (TPSA) is 84.0 Å². The van der Waals surface area contributed by atoms with E-state index in [4.69, 9.17) is 4.74 Å². The number of benzene rings is 1. The van der Waals surface area contributed by atoms with Crippen LogP contribution in [0, 0.1) is 0 Å². The third kappa shape index (κ3) is 4.37. The van der Waals surface area contributed by atoms with Gasteiger partial charge in [-0.25, -0.2) is 16.8 Å².